The molecule has 1 aromatic carbocycles. The molecule has 1 aliphatic rings. The average molecular weight is 282 g/mol. The van der Waals surface area contributed by atoms with Crippen LogP contribution in [0.5, 0.6) is 0 Å². The van der Waals surface area contributed by atoms with Gasteiger partial charge in [0.25, 0.3) is 0 Å². The minimum atomic E-state index is -0.253. The number of benzene rings is 1. The Labute approximate surface area is 118 Å². The zero-order valence-electron chi connectivity index (χ0n) is 11.2. The molecule has 0 aliphatic carbocycles. The number of hydrogen-bond donors (Lipinski definition) is 1. The van der Waals surface area contributed by atoms with Gasteiger partial charge in [0, 0.05) is 30.3 Å². The van der Waals surface area contributed by atoms with E-state index in [-0.39, 0.29) is 16.9 Å². The Bertz CT molecular complexity index is 481. The molecule has 2 unspecified atom stereocenters. The number of halogens is 1. The molecule has 19 heavy (non-hydrogen) atoms. The molecule has 1 saturated heterocycles. The largest absolute Gasteiger partial charge is 0.389 e. The molecule has 0 amide bonds. The molecule has 1 heterocycles. The van der Waals surface area contributed by atoms with Gasteiger partial charge in [0.1, 0.15) is 10.8 Å². The van der Waals surface area contributed by atoms with E-state index in [0.29, 0.717) is 30.3 Å². The maximum Gasteiger partial charge on any atom is 0.128 e. The highest BCUT2D eigenvalue weighted by Crippen LogP contribution is 2.18. The Morgan fingerprint density at radius 3 is 2.89 bits per heavy atom. The van der Waals surface area contributed by atoms with Crippen molar-refractivity contribution in [3.05, 3.63) is 35.1 Å². The summed E-state index contributed by atoms with van der Waals surface area (Å²) in [6.07, 6.45) is 0.190. The molecule has 2 atom stereocenters. The zero-order chi connectivity index (χ0) is 14.0. The highest BCUT2D eigenvalue weighted by atomic mass is 32.1. The molecule has 1 aromatic rings. The van der Waals surface area contributed by atoms with Crippen molar-refractivity contribution in [2.75, 3.05) is 13.2 Å². The lowest BCUT2D eigenvalue weighted by Gasteiger charge is -2.36. The lowest BCUT2D eigenvalue weighted by molar-refractivity contribution is -0.0529. The Morgan fingerprint density at radius 1 is 1.53 bits per heavy atom. The van der Waals surface area contributed by atoms with Crippen molar-refractivity contribution in [1.82, 2.24) is 4.90 Å². The summed E-state index contributed by atoms with van der Waals surface area (Å²) in [5.74, 6) is -0.253. The first-order valence-electron chi connectivity index (χ1n) is 6.41. The van der Waals surface area contributed by atoms with Gasteiger partial charge >= 0.3 is 0 Å². The zero-order valence-corrected chi connectivity index (χ0v) is 12.0. The van der Waals surface area contributed by atoms with Crippen LogP contribution in [-0.4, -0.2) is 35.2 Å². The molecule has 3 nitrogen and oxygen atoms in total. The van der Waals surface area contributed by atoms with Gasteiger partial charge in [-0.15, -0.1) is 0 Å². The van der Waals surface area contributed by atoms with Gasteiger partial charge in [-0.25, -0.2) is 4.39 Å². The van der Waals surface area contributed by atoms with Crippen LogP contribution in [0.25, 0.3) is 0 Å². The van der Waals surface area contributed by atoms with Gasteiger partial charge in [0.05, 0.1) is 12.7 Å². The van der Waals surface area contributed by atoms with Gasteiger partial charge in [-0.1, -0.05) is 24.4 Å². The van der Waals surface area contributed by atoms with Gasteiger partial charge in [-0.3, -0.25) is 4.90 Å². The summed E-state index contributed by atoms with van der Waals surface area (Å²) in [7, 11) is 0. The standard InChI is InChI=1S/C14H19FN2OS/c1-9-8-18-10(2)6-17(9)7-12-4-3-11(14(16)19)5-13(12)15/h3-5,9-10H,6-8H2,1-2H3,(H2,16,19). The number of hydrogen-bond acceptors (Lipinski definition) is 3. The van der Waals surface area contributed by atoms with Gasteiger partial charge < -0.3 is 10.5 Å². The average Bonchev–Trinajstić information content (AvgIpc) is 2.36. The Balaban J connectivity index is 2.12. The van der Waals surface area contributed by atoms with Gasteiger partial charge in [-0.05, 0) is 19.9 Å². The number of rotatable bonds is 3. The highest BCUT2D eigenvalue weighted by molar-refractivity contribution is 7.80. The topological polar surface area (TPSA) is 38.5 Å². The third-order valence-electron chi connectivity index (χ3n) is 3.45. The van der Waals surface area contributed by atoms with Crippen LogP contribution >= 0.6 is 12.2 Å². The quantitative estimate of drug-likeness (QED) is 0.861. The second-order valence-corrected chi connectivity index (χ2v) is 5.53. The molecule has 0 aromatic heterocycles. The number of nitrogens with two attached hydrogens (primary N) is 1. The fraction of sp³-hybridized carbons (Fsp3) is 0.500. The second kappa shape index (κ2) is 5.94. The minimum absolute atomic E-state index is 0.190. The predicted molar refractivity (Wildman–Crippen MR) is 77.6 cm³/mol. The summed E-state index contributed by atoms with van der Waals surface area (Å²) in [5, 5.41) is 0. The summed E-state index contributed by atoms with van der Waals surface area (Å²) in [4.78, 5) is 2.45. The maximum atomic E-state index is 14.0. The van der Waals surface area contributed by atoms with Crippen LogP contribution in [0, 0.1) is 5.82 Å². The molecule has 0 bridgehead atoms. The molecular formula is C14H19FN2OS. The number of nitrogens with zero attached hydrogens (tertiary/aromatic N) is 1. The Morgan fingerprint density at radius 2 is 2.26 bits per heavy atom. The van der Waals surface area contributed by atoms with Crippen LogP contribution < -0.4 is 5.73 Å². The predicted octanol–water partition coefficient (Wildman–Crippen LogP) is 2.07. The van der Waals surface area contributed by atoms with Crippen molar-refractivity contribution in [2.24, 2.45) is 5.73 Å². The molecule has 1 aliphatic heterocycles. The summed E-state index contributed by atoms with van der Waals surface area (Å²) < 4.78 is 19.6. The Hall–Kier alpha value is -1.04. The van der Waals surface area contributed by atoms with Crippen molar-refractivity contribution < 1.29 is 9.13 Å². The normalized spacial score (nSPS) is 24.4. The molecule has 1 fully saturated rings. The third kappa shape index (κ3) is 3.49. The van der Waals surface area contributed by atoms with Crippen molar-refractivity contribution in [1.29, 1.82) is 0 Å². The smallest absolute Gasteiger partial charge is 0.128 e. The molecule has 0 spiro atoms. The molecular weight excluding hydrogens is 263 g/mol. The third-order valence-corrected chi connectivity index (χ3v) is 3.68. The first kappa shape index (κ1) is 14.4. The van der Waals surface area contributed by atoms with Crippen LogP contribution in [0.15, 0.2) is 18.2 Å². The van der Waals surface area contributed by atoms with Gasteiger partial charge in [0.15, 0.2) is 0 Å². The minimum Gasteiger partial charge on any atom is -0.389 e. The van der Waals surface area contributed by atoms with Crippen LogP contribution in [0.1, 0.15) is 25.0 Å². The second-order valence-electron chi connectivity index (χ2n) is 5.09. The van der Waals surface area contributed by atoms with E-state index in [1.54, 1.807) is 12.1 Å². The summed E-state index contributed by atoms with van der Waals surface area (Å²) in [6, 6.07) is 5.24. The van der Waals surface area contributed by atoms with E-state index in [1.165, 1.54) is 6.07 Å². The number of ether oxygens (including phenoxy) is 1. The maximum absolute atomic E-state index is 14.0. The van der Waals surface area contributed by atoms with Crippen molar-refractivity contribution in [3.8, 4) is 0 Å². The first-order chi connectivity index (χ1) is 8.97. The fourth-order valence-corrected chi connectivity index (χ4v) is 2.37. The van der Waals surface area contributed by atoms with E-state index >= 15 is 0 Å². The van der Waals surface area contributed by atoms with E-state index < -0.39 is 0 Å². The molecule has 0 radical (unpaired) electrons. The Kier molecular flexibility index (Phi) is 4.50. The fourth-order valence-electron chi connectivity index (χ4n) is 2.24. The molecule has 104 valence electrons. The van der Waals surface area contributed by atoms with E-state index in [9.17, 15) is 4.39 Å². The van der Waals surface area contributed by atoms with Crippen LogP contribution in [0.2, 0.25) is 0 Å². The van der Waals surface area contributed by atoms with E-state index in [4.69, 9.17) is 22.7 Å². The number of thiocarbonyl (C=S) groups is 1. The van der Waals surface area contributed by atoms with E-state index in [2.05, 4.69) is 11.8 Å². The van der Waals surface area contributed by atoms with Gasteiger partial charge in [0.2, 0.25) is 0 Å². The summed E-state index contributed by atoms with van der Waals surface area (Å²) >= 11 is 4.84. The van der Waals surface area contributed by atoms with Gasteiger partial charge in [-0.2, -0.15) is 0 Å². The van der Waals surface area contributed by atoms with Crippen LogP contribution in [0.4, 0.5) is 4.39 Å². The van der Waals surface area contributed by atoms with Crippen LogP contribution in [0.3, 0.4) is 0 Å². The van der Waals surface area contributed by atoms with E-state index in [1.807, 2.05) is 6.92 Å². The molecule has 0 saturated carbocycles. The lowest BCUT2D eigenvalue weighted by Crippen LogP contribution is -2.46. The van der Waals surface area contributed by atoms with Crippen LogP contribution in [-0.2, 0) is 11.3 Å². The van der Waals surface area contributed by atoms with Crippen molar-refractivity contribution >= 4 is 17.2 Å². The van der Waals surface area contributed by atoms with Crippen molar-refractivity contribution in [3.63, 3.8) is 0 Å². The molecule has 5 heteroatoms. The number of morpholine rings is 1. The highest BCUT2D eigenvalue weighted by Gasteiger charge is 2.24. The summed E-state index contributed by atoms with van der Waals surface area (Å²) in [5.41, 5.74) is 6.73. The SMILES string of the molecule is CC1CN(Cc2ccc(C(N)=S)cc2F)C(C)CO1. The summed E-state index contributed by atoms with van der Waals surface area (Å²) in [6.45, 7) is 6.21. The van der Waals surface area contributed by atoms with Crippen molar-refractivity contribution in [2.45, 2.75) is 32.5 Å². The van der Waals surface area contributed by atoms with E-state index in [0.717, 1.165) is 6.54 Å². The molecule has 2 N–H and O–H groups in total. The molecule has 2 rings (SSSR count). The first-order valence-corrected chi connectivity index (χ1v) is 6.82. The lowest BCUT2D eigenvalue weighted by atomic mass is 10.1. The monoisotopic (exact) mass is 282 g/mol.